The molecule has 9 heteroatoms. The number of nitrogens with one attached hydrogen (secondary N) is 2. The van der Waals surface area contributed by atoms with Gasteiger partial charge in [-0.1, -0.05) is 12.1 Å². The summed E-state index contributed by atoms with van der Waals surface area (Å²) >= 11 is 0. The van der Waals surface area contributed by atoms with Crippen LogP contribution >= 0.6 is 0 Å². The number of benzene rings is 2. The van der Waals surface area contributed by atoms with Crippen LogP contribution in [0.5, 0.6) is 0 Å². The summed E-state index contributed by atoms with van der Waals surface area (Å²) < 4.78 is 52.9. The quantitative estimate of drug-likeness (QED) is 0.799. The van der Waals surface area contributed by atoms with Gasteiger partial charge in [-0.25, -0.2) is 17.2 Å². The van der Waals surface area contributed by atoms with Gasteiger partial charge in [0, 0.05) is 26.2 Å². The molecule has 1 heterocycles. The number of amides is 1. The fraction of sp³-hybridized carbons (Fsp3) is 0.278. The summed E-state index contributed by atoms with van der Waals surface area (Å²) in [6.07, 6.45) is 0. The van der Waals surface area contributed by atoms with Crippen molar-refractivity contribution in [1.82, 2.24) is 14.9 Å². The molecule has 1 fully saturated rings. The number of sulfonamides is 1. The molecule has 0 saturated carbocycles. The molecule has 2 aromatic rings. The molecule has 2 N–H and O–H groups in total. The summed E-state index contributed by atoms with van der Waals surface area (Å²) in [5, 5.41) is 5.69. The van der Waals surface area contributed by atoms with E-state index in [1.165, 1.54) is 24.3 Å². The van der Waals surface area contributed by atoms with Crippen molar-refractivity contribution in [2.45, 2.75) is 17.5 Å². The molecular weight excluding hydrogens is 376 g/mol. The molecule has 1 aliphatic rings. The molecule has 0 unspecified atom stereocenters. The van der Waals surface area contributed by atoms with E-state index in [0.717, 1.165) is 16.4 Å². The van der Waals surface area contributed by atoms with Crippen molar-refractivity contribution in [2.75, 3.05) is 19.6 Å². The van der Waals surface area contributed by atoms with Gasteiger partial charge in [0.15, 0.2) is 0 Å². The van der Waals surface area contributed by atoms with E-state index < -0.39 is 27.8 Å². The number of hydrogen-bond donors (Lipinski definition) is 2. The highest BCUT2D eigenvalue weighted by Crippen LogP contribution is 2.20. The minimum Gasteiger partial charge on any atom is -0.351 e. The van der Waals surface area contributed by atoms with Crippen LogP contribution in [-0.4, -0.2) is 44.3 Å². The highest BCUT2D eigenvalue weighted by atomic mass is 32.2. The zero-order valence-corrected chi connectivity index (χ0v) is 15.2. The molecule has 6 nitrogen and oxygen atoms in total. The number of carbonyl (C=O) groups is 1. The summed E-state index contributed by atoms with van der Waals surface area (Å²) in [5.74, 6) is -1.38. The van der Waals surface area contributed by atoms with Gasteiger partial charge in [-0.15, -0.1) is 0 Å². The van der Waals surface area contributed by atoms with E-state index in [1.807, 2.05) is 0 Å². The number of hydrogen-bond acceptors (Lipinski definition) is 4. The molecule has 2 aromatic carbocycles. The van der Waals surface area contributed by atoms with E-state index in [2.05, 4.69) is 10.6 Å². The molecule has 1 aliphatic heterocycles. The summed E-state index contributed by atoms with van der Waals surface area (Å²) in [4.78, 5) is 12.5. The first-order valence-corrected chi connectivity index (χ1v) is 9.82. The second-order valence-electron chi connectivity index (χ2n) is 6.13. The molecule has 1 atom stereocenters. The van der Waals surface area contributed by atoms with Crippen molar-refractivity contribution in [3.8, 4) is 0 Å². The Bertz CT molecular complexity index is 902. The van der Waals surface area contributed by atoms with E-state index in [-0.39, 0.29) is 30.3 Å². The van der Waals surface area contributed by atoms with Gasteiger partial charge in [0.05, 0.1) is 4.90 Å². The highest BCUT2D eigenvalue weighted by Gasteiger charge is 2.37. The average Bonchev–Trinajstić information content (AvgIpc) is 2.67. The lowest BCUT2D eigenvalue weighted by Gasteiger charge is -2.34. The first kappa shape index (κ1) is 19.4. The molecule has 3 rings (SSSR count). The number of piperazine rings is 1. The minimum absolute atomic E-state index is 0.0675. The monoisotopic (exact) mass is 395 g/mol. The van der Waals surface area contributed by atoms with Crippen molar-refractivity contribution in [3.05, 3.63) is 65.7 Å². The van der Waals surface area contributed by atoms with Crippen LogP contribution in [-0.2, 0) is 21.4 Å². The van der Waals surface area contributed by atoms with E-state index in [4.69, 9.17) is 0 Å². The summed E-state index contributed by atoms with van der Waals surface area (Å²) in [7, 11) is -3.95. The van der Waals surface area contributed by atoms with Gasteiger partial charge < -0.3 is 10.6 Å². The molecule has 0 radical (unpaired) electrons. The Labute approximate surface area is 156 Å². The Morgan fingerprint density at radius 2 is 1.67 bits per heavy atom. The smallest absolute Gasteiger partial charge is 0.243 e. The molecule has 1 amide bonds. The number of carbonyl (C=O) groups excluding carboxylic acids is 1. The first-order chi connectivity index (χ1) is 12.9. The highest BCUT2D eigenvalue weighted by molar-refractivity contribution is 7.89. The lowest BCUT2D eigenvalue weighted by molar-refractivity contribution is -0.125. The van der Waals surface area contributed by atoms with Crippen LogP contribution in [0.4, 0.5) is 8.78 Å². The van der Waals surface area contributed by atoms with Gasteiger partial charge in [-0.05, 0) is 42.0 Å². The number of nitrogens with zero attached hydrogens (tertiary/aromatic N) is 1. The van der Waals surface area contributed by atoms with Crippen LogP contribution in [0.2, 0.25) is 0 Å². The zero-order valence-electron chi connectivity index (χ0n) is 14.4. The van der Waals surface area contributed by atoms with Crippen molar-refractivity contribution >= 4 is 15.9 Å². The lowest BCUT2D eigenvalue weighted by Crippen LogP contribution is -2.59. The zero-order chi connectivity index (χ0) is 19.4. The third kappa shape index (κ3) is 4.49. The van der Waals surface area contributed by atoms with E-state index >= 15 is 0 Å². The molecule has 1 saturated heterocycles. The van der Waals surface area contributed by atoms with Gasteiger partial charge in [0.25, 0.3) is 0 Å². The fourth-order valence-corrected chi connectivity index (χ4v) is 4.44. The van der Waals surface area contributed by atoms with Gasteiger partial charge in [0.2, 0.25) is 15.9 Å². The Hall–Kier alpha value is -2.36. The van der Waals surface area contributed by atoms with Gasteiger partial charge >= 0.3 is 0 Å². The summed E-state index contributed by atoms with van der Waals surface area (Å²) in [6.45, 7) is 0.840. The van der Waals surface area contributed by atoms with Crippen molar-refractivity contribution < 1.29 is 22.0 Å². The van der Waals surface area contributed by atoms with Gasteiger partial charge in [-0.2, -0.15) is 4.31 Å². The summed E-state index contributed by atoms with van der Waals surface area (Å²) in [5.41, 5.74) is 0.696. The third-order valence-corrected chi connectivity index (χ3v) is 6.22. The maximum Gasteiger partial charge on any atom is 0.243 e. The molecule has 0 aliphatic carbocycles. The van der Waals surface area contributed by atoms with Crippen LogP contribution < -0.4 is 10.6 Å². The van der Waals surface area contributed by atoms with Crippen LogP contribution in [0, 0.1) is 11.6 Å². The maximum atomic E-state index is 13.1. The molecule has 27 heavy (non-hydrogen) atoms. The SMILES string of the molecule is O=C(NCc1ccc(F)cc1)[C@@H]1CNCCN1S(=O)(=O)c1ccc(F)cc1. The normalized spacial score (nSPS) is 18.2. The lowest BCUT2D eigenvalue weighted by atomic mass is 10.2. The predicted molar refractivity (Wildman–Crippen MR) is 95.2 cm³/mol. The molecule has 144 valence electrons. The topological polar surface area (TPSA) is 78.5 Å². The summed E-state index contributed by atoms with van der Waals surface area (Å²) in [6, 6.07) is 9.22. The number of halogens is 2. The van der Waals surface area contributed by atoms with Crippen LogP contribution in [0.1, 0.15) is 5.56 Å². The molecule has 0 aromatic heterocycles. The van der Waals surface area contributed by atoms with Crippen molar-refractivity contribution in [1.29, 1.82) is 0 Å². The predicted octanol–water partition coefficient (Wildman–Crippen LogP) is 1.24. The maximum absolute atomic E-state index is 13.1. The van der Waals surface area contributed by atoms with Gasteiger partial charge in [-0.3, -0.25) is 4.79 Å². The molecule has 0 spiro atoms. The van der Waals surface area contributed by atoms with Crippen LogP contribution in [0.25, 0.3) is 0 Å². The van der Waals surface area contributed by atoms with E-state index in [0.29, 0.717) is 12.1 Å². The number of rotatable bonds is 5. The van der Waals surface area contributed by atoms with E-state index in [9.17, 15) is 22.0 Å². The Balaban J connectivity index is 1.75. The first-order valence-electron chi connectivity index (χ1n) is 8.38. The third-order valence-electron chi connectivity index (χ3n) is 4.30. The second-order valence-corrected chi connectivity index (χ2v) is 8.02. The molecule has 0 bridgehead atoms. The molecular formula is C18H19F2N3O3S. The van der Waals surface area contributed by atoms with Crippen molar-refractivity contribution in [2.24, 2.45) is 0 Å². The fourth-order valence-electron chi connectivity index (χ4n) is 2.85. The average molecular weight is 395 g/mol. The Morgan fingerprint density at radius 1 is 1.07 bits per heavy atom. The largest absolute Gasteiger partial charge is 0.351 e. The standard InChI is InChI=1S/C18H19F2N3O3S/c19-14-3-1-13(2-4-14)11-22-18(24)17-12-21-9-10-23(17)27(25,26)16-7-5-15(20)6-8-16/h1-8,17,21H,9-12H2,(H,22,24)/t17-/m0/s1. The second kappa shape index (κ2) is 8.12. The minimum atomic E-state index is -3.95. The van der Waals surface area contributed by atoms with Crippen molar-refractivity contribution in [3.63, 3.8) is 0 Å². The Morgan fingerprint density at radius 3 is 2.30 bits per heavy atom. The Kier molecular flexibility index (Phi) is 5.83. The van der Waals surface area contributed by atoms with E-state index in [1.54, 1.807) is 12.1 Å². The van der Waals surface area contributed by atoms with Crippen LogP contribution in [0.3, 0.4) is 0 Å². The van der Waals surface area contributed by atoms with Crippen LogP contribution in [0.15, 0.2) is 53.4 Å². The van der Waals surface area contributed by atoms with Gasteiger partial charge in [0.1, 0.15) is 17.7 Å².